The topological polar surface area (TPSA) is 78.9 Å². The lowest BCUT2D eigenvalue weighted by atomic mass is 10.1. The number of nitrogens with zero attached hydrogens (tertiary/aromatic N) is 2. The summed E-state index contributed by atoms with van der Waals surface area (Å²) in [6.45, 7) is 2.79. The van der Waals surface area contributed by atoms with Crippen LogP contribution in [0.1, 0.15) is 31.7 Å². The lowest BCUT2D eigenvalue weighted by Crippen LogP contribution is -2.42. The minimum atomic E-state index is 0.130. The van der Waals surface area contributed by atoms with Gasteiger partial charge in [-0.25, -0.2) is 9.97 Å². The Bertz CT molecular complexity index is 439. The quantitative estimate of drug-likeness (QED) is 0.743. The largest absolute Gasteiger partial charge is 0.373 e. The van der Waals surface area contributed by atoms with Crippen LogP contribution in [0, 0.1) is 0 Å². The van der Waals surface area contributed by atoms with E-state index in [2.05, 4.69) is 32.8 Å². The Kier molecular flexibility index (Phi) is 4.54. The summed E-state index contributed by atoms with van der Waals surface area (Å²) < 4.78 is 0. The Labute approximate surface area is 113 Å². The SMILES string of the molecule is CCCc1c(NC)ncnc1NC1CCC(=O)NC1. The highest BCUT2D eigenvalue weighted by molar-refractivity contribution is 5.77. The molecule has 19 heavy (non-hydrogen) atoms. The van der Waals surface area contributed by atoms with E-state index < -0.39 is 0 Å². The predicted molar refractivity (Wildman–Crippen MR) is 75.2 cm³/mol. The molecule has 1 saturated heterocycles. The van der Waals surface area contributed by atoms with Crippen molar-refractivity contribution in [2.75, 3.05) is 24.2 Å². The number of hydrogen-bond acceptors (Lipinski definition) is 5. The van der Waals surface area contributed by atoms with E-state index >= 15 is 0 Å². The molecule has 104 valence electrons. The maximum atomic E-state index is 11.2. The van der Waals surface area contributed by atoms with E-state index in [0.29, 0.717) is 13.0 Å². The molecular weight excluding hydrogens is 242 g/mol. The highest BCUT2D eigenvalue weighted by Crippen LogP contribution is 2.22. The first-order valence-corrected chi connectivity index (χ1v) is 6.79. The monoisotopic (exact) mass is 263 g/mol. The second-order valence-corrected chi connectivity index (χ2v) is 4.73. The fourth-order valence-corrected chi connectivity index (χ4v) is 2.29. The van der Waals surface area contributed by atoms with Crippen molar-refractivity contribution in [2.24, 2.45) is 0 Å². The molecule has 0 bridgehead atoms. The van der Waals surface area contributed by atoms with Gasteiger partial charge < -0.3 is 16.0 Å². The van der Waals surface area contributed by atoms with Gasteiger partial charge in [0.2, 0.25) is 5.91 Å². The third-order valence-electron chi connectivity index (χ3n) is 3.29. The molecular formula is C13H21N5O. The lowest BCUT2D eigenvalue weighted by molar-refractivity contribution is -0.122. The summed E-state index contributed by atoms with van der Waals surface area (Å²) in [6.07, 6.45) is 4.95. The Morgan fingerprint density at radius 2 is 2.21 bits per heavy atom. The highest BCUT2D eigenvalue weighted by Gasteiger charge is 2.19. The number of carbonyl (C=O) groups is 1. The number of anilines is 2. The van der Waals surface area contributed by atoms with E-state index in [1.165, 1.54) is 0 Å². The average molecular weight is 263 g/mol. The number of carbonyl (C=O) groups excluding carboxylic acids is 1. The second-order valence-electron chi connectivity index (χ2n) is 4.73. The van der Waals surface area contributed by atoms with Crippen LogP contribution < -0.4 is 16.0 Å². The number of amides is 1. The van der Waals surface area contributed by atoms with Crippen molar-refractivity contribution in [3.8, 4) is 0 Å². The van der Waals surface area contributed by atoms with Crippen molar-refractivity contribution in [3.05, 3.63) is 11.9 Å². The van der Waals surface area contributed by atoms with E-state index in [9.17, 15) is 4.79 Å². The molecule has 1 aromatic rings. The van der Waals surface area contributed by atoms with Crippen molar-refractivity contribution in [2.45, 2.75) is 38.6 Å². The third kappa shape index (κ3) is 3.33. The zero-order valence-electron chi connectivity index (χ0n) is 11.5. The molecule has 0 aliphatic carbocycles. The summed E-state index contributed by atoms with van der Waals surface area (Å²) >= 11 is 0. The summed E-state index contributed by atoms with van der Waals surface area (Å²) in [6, 6.07) is 0.243. The smallest absolute Gasteiger partial charge is 0.220 e. The van der Waals surface area contributed by atoms with E-state index in [1.807, 2.05) is 7.05 Å². The fraction of sp³-hybridized carbons (Fsp3) is 0.615. The fourth-order valence-electron chi connectivity index (χ4n) is 2.29. The zero-order chi connectivity index (χ0) is 13.7. The molecule has 2 heterocycles. The summed E-state index contributed by atoms with van der Waals surface area (Å²) in [5.74, 6) is 1.88. The molecule has 1 aliphatic heterocycles. The van der Waals surface area contributed by atoms with E-state index in [0.717, 1.165) is 36.5 Å². The molecule has 1 amide bonds. The van der Waals surface area contributed by atoms with Crippen LogP contribution in [0.4, 0.5) is 11.6 Å². The van der Waals surface area contributed by atoms with Crippen LogP contribution in [0.25, 0.3) is 0 Å². The zero-order valence-corrected chi connectivity index (χ0v) is 11.5. The maximum absolute atomic E-state index is 11.2. The van der Waals surface area contributed by atoms with Gasteiger partial charge in [-0.15, -0.1) is 0 Å². The first kappa shape index (κ1) is 13.6. The summed E-state index contributed by atoms with van der Waals surface area (Å²) in [7, 11) is 1.87. The molecule has 1 aliphatic rings. The van der Waals surface area contributed by atoms with Gasteiger partial charge in [-0.05, 0) is 12.8 Å². The third-order valence-corrected chi connectivity index (χ3v) is 3.29. The van der Waals surface area contributed by atoms with Gasteiger partial charge >= 0.3 is 0 Å². The van der Waals surface area contributed by atoms with Crippen LogP contribution in [-0.4, -0.2) is 35.5 Å². The molecule has 1 atom stereocenters. The maximum Gasteiger partial charge on any atom is 0.220 e. The number of rotatable bonds is 5. The summed E-state index contributed by atoms with van der Waals surface area (Å²) in [5.41, 5.74) is 1.12. The molecule has 1 aromatic heterocycles. The number of piperidine rings is 1. The molecule has 0 spiro atoms. The highest BCUT2D eigenvalue weighted by atomic mass is 16.1. The number of aromatic nitrogens is 2. The summed E-state index contributed by atoms with van der Waals surface area (Å²) in [5, 5.41) is 9.40. The lowest BCUT2D eigenvalue weighted by Gasteiger charge is -2.25. The van der Waals surface area contributed by atoms with E-state index in [-0.39, 0.29) is 11.9 Å². The number of nitrogens with one attached hydrogen (secondary N) is 3. The van der Waals surface area contributed by atoms with Crippen molar-refractivity contribution in [3.63, 3.8) is 0 Å². The second kappa shape index (κ2) is 6.36. The van der Waals surface area contributed by atoms with Gasteiger partial charge in [0, 0.05) is 31.6 Å². The molecule has 0 aromatic carbocycles. The van der Waals surface area contributed by atoms with Crippen LogP contribution in [-0.2, 0) is 11.2 Å². The van der Waals surface area contributed by atoms with E-state index in [4.69, 9.17) is 0 Å². The molecule has 0 saturated carbocycles. The Hall–Kier alpha value is -1.85. The molecule has 2 rings (SSSR count). The van der Waals surface area contributed by atoms with Gasteiger partial charge in [-0.3, -0.25) is 4.79 Å². The van der Waals surface area contributed by atoms with Crippen molar-refractivity contribution < 1.29 is 4.79 Å². The van der Waals surface area contributed by atoms with Crippen LogP contribution in [0.15, 0.2) is 6.33 Å². The van der Waals surface area contributed by atoms with Crippen LogP contribution >= 0.6 is 0 Å². The van der Waals surface area contributed by atoms with Crippen LogP contribution in [0.3, 0.4) is 0 Å². The first-order valence-electron chi connectivity index (χ1n) is 6.79. The van der Waals surface area contributed by atoms with Crippen LogP contribution in [0.5, 0.6) is 0 Å². The normalized spacial score (nSPS) is 18.8. The molecule has 6 heteroatoms. The van der Waals surface area contributed by atoms with Gasteiger partial charge in [-0.1, -0.05) is 13.3 Å². The standard InChI is InChI=1S/C13H21N5O/c1-3-4-10-12(14-2)16-8-17-13(10)18-9-5-6-11(19)15-7-9/h8-9H,3-7H2,1-2H3,(H,15,19)(H2,14,16,17,18). The first-order chi connectivity index (χ1) is 9.24. The minimum absolute atomic E-state index is 0.130. The molecule has 6 nitrogen and oxygen atoms in total. The minimum Gasteiger partial charge on any atom is -0.373 e. The van der Waals surface area contributed by atoms with Crippen molar-refractivity contribution in [1.29, 1.82) is 0 Å². The average Bonchev–Trinajstić information content (AvgIpc) is 2.43. The van der Waals surface area contributed by atoms with Gasteiger partial charge in [0.25, 0.3) is 0 Å². The Balaban J connectivity index is 2.12. The van der Waals surface area contributed by atoms with Crippen molar-refractivity contribution in [1.82, 2.24) is 15.3 Å². The van der Waals surface area contributed by atoms with Gasteiger partial charge in [0.05, 0.1) is 0 Å². The Morgan fingerprint density at radius 3 is 2.84 bits per heavy atom. The van der Waals surface area contributed by atoms with Crippen LogP contribution in [0.2, 0.25) is 0 Å². The molecule has 0 radical (unpaired) electrons. The molecule has 1 unspecified atom stereocenters. The van der Waals surface area contributed by atoms with Gasteiger partial charge in [0.15, 0.2) is 0 Å². The number of hydrogen-bond donors (Lipinski definition) is 3. The Morgan fingerprint density at radius 1 is 1.42 bits per heavy atom. The van der Waals surface area contributed by atoms with Gasteiger partial charge in [-0.2, -0.15) is 0 Å². The predicted octanol–water partition coefficient (Wildman–Crippen LogP) is 1.16. The van der Waals surface area contributed by atoms with E-state index in [1.54, 1.807) is 6.33 Å². The molecule has 1 fully saturated rings. The van der Waals surface area contributed by atoms with Gasteiger partial charge in [0.1, 0.15) is 18.0 Å². The molecule has 3 N–H and O–H groups in total. The summed E-state index contributed by atoms with van der Waals surface area (Å²) in [4.78, 5) is 19.8. The van der Waals surface area contributed by atoms with Crippen molar-refractivity contribution >= 4 is 17.5 Å².